The van der Waals surface area contributed by atoms with Crippen molar-refractivity contribution in [1.29, 1.82) is 0 Å². The Kier molecular flexibility index (Phi) is 7.92. The van der Waals surface area contributed by atoms with Crippen LogP contribution in [0.4, 0.5) is 17.6 Å². The average molecular weight is 527 g/mol. The summed E-state index contributed by atoms with van der Waals surface area (Å²) < 4.78 is 90.7. The van der Waals surface area contributed by atoms with Crippen molar-refractivity contribution in [3.05, 3.63) is 82.7 Å². The Bertz CT molecular complexity index is 1370. The lowest BCUT2D eigenvalue weighted by molar-refractivity contribution is -0.145. The van der Waals surface area contributed by atoms with Gasteiger partial charge in [0.25, 0.3) is 0 Å². The molecule has 0 aromatic heterocycles. The molecule has 0 amide bonds. The summed E-state index contributed by atoms with van der Waals surface area (Å²) in [7, 11) is -4.28. The summed E-state index contributed by atoms with van der Waals surface area (Å²) >= 11 is 0. The topological polar surface area (TPSA) is 89.9 Å². The maximum Gasteiger partial charge on any atom is 0.416 e. The number of esters is 1. The Balaban J connectivity index is 1.99. The van der Waals surface area contributed by atoms with E-state index in [0.717, 1.165) is 42.5 Å². The predicted molar refractivity (Wildman–Crippen MR) is 121 cm³/mol. The van der Waals surface area contributed by atoms with Crippen molar-refractivity contribution in [2.75, 3.05) is 13.2 Å². The van der Waals surface area contributed by atoms with E-state index < -0.39 is 50.6 Å². The minimum absolute atomic E-state index is 0.0967. The standard InChI is InChI=1S/C25H22F4O6S/c1-3-34-24(31)14-35-18-10-15(2)20(21(13-18)25(27,28)29)11-16-4-9-22(30)23(12-16)36(32,33)19-7-5-17(26)6-8-19/h4-10,12-13,30H,3,11,14H2,1-2H3. The zero-order chi connectivity index (χ0) is 26.7. The SMILES string of the molecule is CCOC(=O)COc1cc(C)c(Cc2ccc(O)c(S(=O)(=O)c3ccc(F)cc3)c2)c(C(F)(F)F)c1. The molecule has 0 saturated heterocycles. The predicted octanol–water partition coefficient (Wildman–Crippen LogP) is 5.22. The van der Waals surface area contributed by atoms with Gasteiger partial charge in [-0.1, -0.05) is 6.07 Å². The van der Waals surface area contributed by atoms with Crippen LogP contribution in [0.25, 0.3) is 0 Å². The number of alkyl halides is 3. The van der Waals surface area contributed by atoms with Gasteiger partial charge in [-0.2, -0.15) is 13.2 Å². The van der Waals surface area contributed by atoms with Crippen molar-refractivity contribution in [3.8, 4) is 11.5 Å². The number of aromatic hydroxyl groups is 1. The lowest BCUT2D eigenvalue weighted by atomic mass is 9.94. The van der Waals surface area contributed by atoms with Gasteiger partial charge in [-0.15, -0.1) is 0 Å². The van der Waals surface area contributed by atoms with Gasteiger partial charge in [-0.25, -0.2) is 17.6 Å². The van der Waals surface area contributed by atoms with Crippen molar-refractivity contribution in [1.82, 2.24) is 0 Å². The highest BCUT2D eigenvalue weighted by atomic mass is 32.2. The fourth-order valence-corrected chi connectivity index (χ4v) is 4.93. The van der Waals surface area contributed by atoms with Gasteiger partial charge in [0.2, 0.25) is 9.84 Å². The number of hydrogen-bond donors (Lipinski definition) is 1. The number of aryl methyl sites for hydroxylation is 1. The minimum Gasteiger partial charge on any atom is -0.507 e. The highest BCUT2D eigenvalue weighted by molar-refractivity contribution is 7.91. The van der Waals surface area contributed by atoms with Crippen LogP contribution < -0.4 is 4.74 Å². The van der Waals surface area contributed by atoms with Gasteiger partial charge in [0, 0.05) is 0 Å². The second-order valence-electron chi connectivity index (χ2n) is 7.79. The van der Waals surface area contributed by atoms with E-state index in [9.17, 15) is 35.9 Å². The summed E-state index contributed by atoms with van der Waals surface area (Å²) in [6.45, 7) is 2.54. The lowest BCUT2D eigenvalue weighted by Gasteiger charge is -2.18. The third kappa shape index (κ3) is 6.14. The van der Waals surface area contributed by atoms with E-state index in [0.29, 0.717) is 0 Å². The lowest BCUT2D eigenvalue weighted by Crippen LogP contribution is -2.16. The molecule has 0 atom stereocenters. The Morgan fingerprint density at radius 3 is 2.31 bits per heavy atom. The zero-order valence-electron chi connectivity index (χ0n) is 19.2. The van der Waals surface area contributed by atoms with Gasteiger partial charge >= 0.3 is 12.1 Å². The maximum absolute atomic E-state index is 13.9. The number of rotatable bonds is 8. The van der Waals surface area contributed by atoms with Crippen molar-refractivity contribution in [2.24, 2.45) is 0 Å². The fraction of sp³-hybridized carbons (Fsp3) is 0.240. The summed E-state index contributed by atoms with van der Waals surface area (Å²) in [5, 5.41) is 10.2. The van der Waals surface area contributed by atoms with Gasteiger partial charge < -0.3 is 14.6 Å². The molecule has 0 radical (unpaired) electrons. The molecule has 6 nitrogen and oxygen atoms in total. The molecule has 0 heterocycles. The molecule has 0 aliphatic carbocycles. The van der Waals surface area contributed by atoms with Crippen LogP contribution in [0, 0.1) is 12.7 Å². The molecular formula is C25H22F4O6S. The molecule has 0 spiro atoms. The van der Waals surface area contributed by atoms with E-state index in [4.69, 9.17) is 9.47 Å². The Morgan fingerprint density at radius 1 is 1.03 bits per heavy atom. The quantitative estimate of drug-likeness (QED) is 0.246. The number of halogens is 4. The highest BCUT2D eigenvalue weighted by Crippen LogP contribution is 2.38. The molecule has 0 bridgehead atoms. The number of ether oxygens (including phenoxy) is 2. The van der Waals surface area contributed by atoms with Gasteiger partial charge in [-0.05, 0) is 85.5 Å². The summed E-state index contributed by atoms with van der Waals surface area (Å²) in [6.07, 6.45) is -5.09. The number of carbonyl (C=O) groups excluding carboxylic acids is 1. The van der Waals surface area contributed by atoms with Gasteiger partial charge in [0.05, 0.1) is 17.1 Å². The van der Waals surface area contributed by atoms with Gasteiger partial charge in [0.15, 0.2) is 6.61 Å². The van der Waals surface area contributed by atoms with Crippen molar-refractivity contribution in [2.45, 2.75) is 36.2 Å². The molecule has 192 valence electrons. The third-order valence-electron chi connectivity index (χ3n) is 5.23. The number of hydrogen-bond acceptors (Lipinski definition) is 6. The van der Waals surface area contributed by atoms with Gasteiger partial charge in [0.1, 0.15) is 22.2 Å². The summed E-state index contributed by atoms with van der Waals surface area (Å²) in [5.74, 6) is -2.16. The zero-order valence-corrected chi connectivity index (χ0v) is 20.0. The fourth-order valence-electron chi connectivity index (χ4n) is 3.53. The maximum atomic E-state index is 13.9. The van der Waals surface area contributed by atoms with Crippen LogP contribution in [0.5, 0.6) is 11.5 Å². The molecule has 3 aromatic rings. The summed E-state index contributed by atoms with van der Waals surface area (Å²) in [6, 6.07) is 9.50. The third-order valence-corrected chi connectivity index (χ3v) is 7.03. The van der Waals surface area contributed by atoms with Crippen molar-refractivity contribution in [3.63, 3.8) is 0 Å². The van der Waals surface area contributed by atoms with Crippen LogP contribution in [0.3, 0.4) is 0 Å². The molecular weight excluding hydrogens is 504 g/mol. The van der Waals surface area contributed by atoms with Crippen LogP contribution in [0.15, 0.2) is 64.4 Å². The number of sulfone groups is 1. The van der Waals surface area contributed by atoms with Gasteiger partial charge in [-0.3, -0.25) is 0 Å². The molecule has 0 unspecified atom stereocenters. The van der Waals surface area contributed by atoms with Crippen LogP contribution in [0.1, 0.15) is 29.2 Å². The van der Waals surface area contributed by atoms with Crippen molar-refractivity contribution >= 4 is 15.8 Å². The van der Waals surface area contributed by atoms with Crippen LogP contribution in [0.2, 0.25) is 0 Å². The first-order valence-corrected chi connectivity index (χ1v) is 12.1. The van der Waals surface area contributed by atoms with E-state index in [2.05, 4.69) is 0 Å². The number of carbonyl (C=O) groups is 1. The molecule has 0 aliphatic heterocycles. The second-order valence-corrected chi connectivity index (χ2v) is 9.71. The second kappa shape index (κ2) is 10.6. The molecule has 36 heavy (non-hydrogen) atoms. The number of phenolic OH excluding ortho intramolecular Hbond substituents is 1. The average Bonchev–Trinajstić information content (AvgIpc) is 2.80. The number of phenols is 1. The first-order chi connectivity index (χ1) is 16.8. The summed E-state index contributed by atoms with van der Waals surface area (Å²) in [5.41, 5.74) is -0.777. The molecule has 1 N–H and O–H groups in total. The molecule has 3 rings (SSSR count). The van der Waals surface area contributed by atoms with E-state index >= 15 is 0 Å². The molecule has 0 fully saturated rings. The highest BCUT2D eigenvalue weighted by Gasteiger charge is 2.35. The Hall–Kier alpha value is -3.60. The van der Waals surface area contributed by atoms with Crippen LogP contribution in [-0.2, 0) is 32.0 Å². The van der Waals surface area contributed by atoms with E-state index in [-0.39, 0.29) is 40.4 Å². The van der Waals surface area contributed by atoms with E-state index in [1.54, 1.807) is 6.92 Å². The Morgan fingerprint density at radius 2 is 1.69 bits per heavy atom. The normalized spacial score (nSPS) is 11.8. The molecule has 0 saturated carbocycles. The van der Waals surface area contributed by atoms with E-state index in [1.807, 2.05) is 0 Å². The molecule has 11 heteroatoms. The molecule has 3 aromatic carbocycles. The first-order valence-electron chi connectivity index (χ1n) is 10.6. The minimum atomic E-state index is -4.77. The van der Waals surface area contributed by atoms with Crippen molar-refractivity contribution < 1.29 is 45.4 Å². The monoisotopic (exact) mass is 526 g/mol. The first kappa shape index (κ1) is 27.0. The Labute approximate surface area is 205 Å². The smallest absolute Gasteiger partial charge is 0.416 e. The number of benzene rings is 3. The largest absolute Gasteiger partial charge is 0.507 e. The molecule has 0 aliphatic rings. The summed E-state index contributed by atoms with van der Waals surface area (Å²) in [4.78, 5) is 10.7. The van der Waals surface area contributed by atoms with E-state index in [1.165, 1.54) is 19.1 Å². The van der Waals surface area contributed by atoms with Crippen LogP contribution >= 0.6 is 0 Å². The van der Waals surface area contributed by atoms with Crippen LogP contribution in [-0.4, -0.2) is 32.7 Å².